The van der Waals surface area contributed by atoms with Gasteiger partial charge in [0, 0.05) is 34.2 Å². The molecule has 0 aliphatic carbocycles. The molecule has 0 saturated carbocycles. The van der Waals surface area contributed by atoms with Crippen LogP contribution in [0.3, 0.4) is 0 Å². The topological polar surface area (TPSA) is 34.4 Å². The second kappa shape index (κ2) is 7.96. The van der Waals surface area contributed by atoms with E-state index in [1.54, 1.807) is 11.8 Å². The van der Waals surface area contributed by atoms with Crippen LogP contribution in [0.4, 0.5) is 0 Å². The predicted molar refractivity (Wildman–Crippen MR) is 108 cm³/mol. The number of aryl methyl sites for hydroxylation is 2. The van der Waals surface area contributed by atoms with Gasteiger partial charge in [0.25, 0.3) is 0 Å². The highest BCUT2D eigenvalue weighted by Gasteiger charge is 2.09. The minimum atomic E-state index is -0.118. The molecule has 1 amide bonds. The molecule has 3 nitrogen and oxygen atoms in total. The molecule has 0 spiro atoms. The summed E-state index contributed by atoms with van der Waals surface area (Å²) in [5.41, 5.74) is 2.14. The Morgan fingerprint density at radius 3 is 2.64 bits per heavy atom. The van der Waals surface area contributed by atoms with E-state index >= 15 is 0 Å². The number of fused-ring (bicyclic) bond motifs is 1. The Balaban J connectivity index is 1.73. The Labute approximate surface area is 164 Å². The van der Waals surface area contributed by atoms with Gasteiger partial charge < -0.3 is 4.57 Å². The largest absolute Gasteiger partial charge is 0.319 e. The zero-order valence-electron chi connectivity index (χ0n) is 13.8. The van der Waals surface area contributed by atoms with Gasteiger partial charge in [0.05, 0.1) is 10.2 Å². The number of halogens is 2. The first-order chi connectivity index (χ1) is 11.9. The quantitative estimate of drug-likeness (QED) is 0.534. The lowest BCUT2D eigenvalue weighted by Crippen LogP contribution is -2.13. The van der Waals surface area contributed by atoms with Gasteiger partial charge in [-0.25, -0.2) is 0 Å². The molecule has 3 rings (SSSR count). The van der Waals surface area contributed by atoms with Gasteiger partial charge >= 0.3 is 0 Å². The number of carbonyl (C=O) groups is 1. The van der Waals surface area contributed by atoms with Gasteiger partial charge in [-0.1, -0.05) is 34.5 Å². The number of carbonyl (C=O) groups excluding carboxylic acids is 1. The number of thioether (sulfide) groups is 1. The van der Waals surface area contributed by atoms with Gasteiger partial charge in [-0.15, -0.1) is 11.8 Å². The second-order valence-corrected chi connectivity index (χ2v) is 8.62. The van der Waals surface area contributed by atoms with E-state index in [-0.39, 0.29) is 5.91 Å². The smallest absolute Gasteiger partial charge is 0.249 e. The van der Waals surface area contributed by atoms with Crippen LogP contribution in [0.1, 0.15) is 12.0 Å². The van der Waals surface area contributed by atoms with E-state index in [0.717, 1.165) is 20.7 Å². The number of hydrogen-bond acceptors (Lipinski definition) is 3. The van der Waals surface area contributed by atoms with Crippen molar-refractivity contribution < 1.29 is 4.79 Å². The summed E-state index contributed by atoms with van der Waals surface area (Å²) in [6.45, 7) is 2.01. The van der Waals surface area contributed by atoms with Gasteiger partial charge in [-0.3, -0.25) is 4.79 Å². The van der Waals surface area contributed by atoms with Crippen LogP contribution in [0.2, 0.25) is 10.0 Å². The first kappa shape index (κ1) is 18.5. The van der Waals surface area contributed by atoms with E-state index in [1.807, 2.05) is 54.9 Å². The SMILES string of the molecule is Cc1cc(Cl)cc2sc(=NC(=O)CCSc3ccc(Cl)cc3)n(C)c12. The predicted octanol–water partition coefficient (Wildman–Crippen LogP) is 5.46. The molecular weight excluding hydrogens is 395 g/mol. The summed E-state index contributed by atoms with van der Waals surface area (Å²) in [6.07, 6.45) is 0.390. The maximum absolute atomic E-state index is 12.2. The number of thiazole rings is 1. The highest BCUT2D eigenvalue weighted by atomic mass is 35.5. The van der Waals surface area contributed by atoms with Crippen LogP contribution in [-0.4, -0.2) is 16.2 Å². The molecule has 0 aliphatic rings. The van der Waals surface area contributed by atoms with Crippen molar-refractivity contribution in [3.63, 3.8) is 0 Å². The summed E-state index contributed by atoms with van der Waals surface area (Å²) >= 11 is 15.1. The normalized spacial score (nSPS) is 12.1. The van der Waals surface area contributed by atoms with E-state index in [2.05, 4.69) is 4.99 Å². The molecule has 0 fully saturated rings. The molecular formula is C18H16Cl2N2OS2. The molecule has 1 heterocycles. The number of aromatic nitrogens is 1. The van der Waals surface area contributed by atoms with Gasteiger partial charge in [0.1, 0.15) is 0 Å². The van der Waals surface area contributed by atoms with Crippen molar-refractivity contribution in [2.45, 2.75) is 18.2 Å². The Morgan fingerprint density at radius 1 is 1.20 bits per heavy atom. The third kappa shape index (κ3) is 4.47. The Hall–Kier alpha value is -1.27. The molecule has 0 N–H and O–H groups in total. The summed E-state index contributed by atoms with van der Waals surface area (Å²) in [5.74, 6) is 0.566. The van der Waals surface area contributed by atoms with Crippen LogP contribution in [0, 0.1) is 6.92 Å². The molecule has 3 aromatic rings. The van der Waals surface area contributed by atoms with Crippen molar-refractivity contribution in [3.8, 4) is 0 Å². The minimum Gasteiger partial charge on any atom is -0.319 e. The summed E-state index contributed by atoms with van der Waals surface area (Å²) in [5, 5.41) is 1.41. The Morgan fingerprint density at radius 2 is 1.92 bits per heavy atom. The zero-order chi connectivity index (χ0) is 18.0. The molecule has 0 bridgehead atoms. The molecule has 0 atom stereocenters. The molecule has 0 aliphatic heterocycles. The van der Waals surface area contributed by atoms with Crippen LogP contribution in [0.5, 0.6) is 0 Å². The first-order valence-corrected chi connectivity index (χ1v) is 10.2. The monoisotopic (exact) mass is 410 g/mol. The Kier molecular flexibility index (Phi) is 5.89. The number of rotatable bonds is 4. The van der Waals surface area contributed by atoms with Crippen molar-refractivity contribution in [1.82, 2.24) is 4.57 Å². The molecule has 25 heavy (non-hydrogen) atoms. The van der Waals surface area contributed by atoms with Crippen molar-refractivity contribution in [3.05, 3.63) is 56.8 Å². The fourth-order valence-corrected chi connectivity index (χ4v) is 4.98. The van der Waals surface area contributed by atoms with Gasteiger partial charge in [0.15, 0.2) is 4.80 Å². The van der Waals surface area contributed by atoms with E-state index < -0.39 is 0 Å². The highest BCUT2D eigenvalue weighted by molar-refractivity contribution is 7.99. The van der Waals surface area contributed by atoms with E-state index in [0.29, 0.717) is 27.0 Å². The van der Waals surface area contributed by atoms with E-state index in [9.17, 15) is 4.79 Å². The minimum absolute atomic E-state index is 0.118. The van der Waals surface area contributed by atoms with Crippen LogP contribution < -0.4 is 4.80 Å². The summed E-state index contributed by atoms with van der Waals surface area (Å²) in [6, 6.07) is 11.4. The number of amides is 1. The molecule has 0 saturated heterocycles. The molecule has 2 aromatic carbocycles. The average Bonchev–Trinajstić information content (AvgIpc) is 2.85. The van der Waals surface area contributed by atoms with Crippen molar-refractivity contribution in [1.29, 1.82) is 0 Å². The molecule has 7 heteroatoms. The third-order valence-corrected chi connectivity index (χ3v) is 6.24. The van der Waals surface area contributed by atoms with E-state index in [1.165, 1.54) is 11.3 Å². The van der Waals surface area contributed by atoms with Crippen molar-refractivity contribution in [2.75, 3.05) is 5.75 Å². The van der Waals surface area contributed by atoms with Crippen LogP contribution in [0.15, 0.2) is 46.3 Å². The summed E-state index contributed by atoms with van der Waals surface area (Å²) < 4.78 is 2.99. The molecule has 0 radical (unpaired) electrons. The lowest BCUT2D eigenvalue weighted by molar-refractivity contribution is -0.117. The highest BCUT2D eigenvalue weighted by Crippen LogP contribution is 2.25. The molecule has 130 valence electrons. The van der Waals surface area contributed by atoms with Crippen LogP contribution >= 0.6 is 46.3 Å². The zero-order valence-corrected chi connectivity index (χ0v) is 16.9. The van der Waals surface area contributed by atoms with E-state index in [4.69, 9.17) is 23.2 Å². The number of hydrogen-bond donors (Lipinski definition) is 0. The second-order valence-electron chi connectivity index (χ2n) is 5.57. The third-order valence-electron chi connectivity index (χ3n) is 3.67. The fraction of sp³-hybridized carbons (Fsp3) is 0.222. The maximum atomic E-state index is 12.2. The van der Waals surface area contributed by atoms with Crippen molar-refractivity contribution in [2.24, 2.45) is 12.0 Å². The Bertz CT molecular complexity index is 991. The van der Waals surface area contributed by atoms with Gasteiger partial charge in [-0.2, -0.15) is 4.99 Å². The average molecular weight is 411 g/mol. The molecule has 0 unspecified atom stereocenters. The van der Waals surface area contributed by atoms with Gasteiger partial charge in [0.2, 0.25) is 5.91 Å². The standard InChI is InChI=1S/C18H16Cl2N2OS2/c1-11-9-13(20)10-15-17(11)22(2)18(25-15)21-16(23)7-8-24-14-5-3-12(19)4-6-14/h3-6,9-10H,7-8H2,1-2H3. The van der Waals surface area contributed by atoms with Crippen molar-refractivity contribution >= 4 is 62.4 Å². The van der Waals surface area contributed by atoms with Crippen LogP contribution in [0.25, 0.3) is 10.2 Å². The first-order valence-electron chi connectivity index (χ1n) is 7.65. The fourth-order valence-electron chi connectivity index (χ4n) is 2.52. The lowest BCUT2D eigenvalue weighted by atomic mass is 10.2. The summed E-state index contributed by atoms with van der Waals surface area (Å²) in [7, 11) is 1.92. The van der Waals surface area contributed by atoms with Gasteiger partial charge in [-0.05, 0) is 48.9 Å². The summed E-state index contributed by atoms with van der Waals surface area (Å²) in [4.78, 5) is 18.3. The maximum Gasteiger partial charge on any atom is 0.249 e. The van der Waals surface area contributed by atoms with Crippen LogP contribution in [-0.2, 0) is 11.8 Å². The lowest BCUT2D eigenvalue weighted by Gasteiger charge is -2.01. The molecule has 1 aromatic heterocycles. The number of benzene rings is 2. The number of nitrogens with zero attached hydrogens (tertiary/aromatic N) is 2.